The van der Waals surface area contributed by atoms with Crippen LogP contribution in [0, 0.1) is 12.3 Å². The van der Waals surface area contributed by atoms with Gasteiger partial charge in [-0.1, -0.05) is 5.92 Å². The Hall–Kier alpha value is -1.82. The minimum atomic E-state index is 0.498. The smallest absolute Gasteiger partial charge is 0.163 e. The first-order chi connectivity index (χ1) is 7.31. The first kappa shape index (κ1) is 11.3. The van der Waals surface area contributed by atoms with E-state index in [0.717, 1.165) is 17.2 Å². The molecule has 1 rings (SSSR count). The first-order valence-electron chi connectivity index (χ1n) is 4.80. The number of methoxy groups -OCH3 is 1. The molecule has 0 amide bonds. The first-order valence-corrected chi connectivity index (χ1v) is 4.80. The molecule has 80 valence electrons. The Morgan fingerprint density at radius 1 is 1.40 bits per heavy atom. The normalized spacial score (nSPS) is 9.13. The fourth-order valence-electron chi connectivity index (χ4n) is 1.21. The monoisotopic (exact) mass is 205 g/mol. The number of hydrogen-bond donors (Lipinski definition) is 1. The molecular formula is C12H15NO2. The van der Waals surface area contributed by atoms with E-state index in [2.05, 4.69) is 11.2 Å². The van der Waals surface area contributed by atoms with Gasteiger partial charge in [0.25, 0.3) is 0 Å². The summed E-state index contributed by atoms with van der Waals surface area (Å²) in [6, 6.07) is 5.63. The van der Waals surface area contributed by atoms with Crippen LogP contribution in [0.15, 0.2) is 18.2 Å². The topological polar surface area (TPSA) is 30.5 Å². The number of anilines is 1. The molecule has 1 aromatic rings. The molecule has 15 heavy (non-hydrogen) atoms. The van der Waals surface area contributed by atoms with E-state index in [-0.39, 0.29) is 0 Å². The summed E-state index contributed by atoms with van der Waals surface area (Å²) in [5, 5.41) is 3.07. The highest BCUT2D eigenvalue weighted by molar-refractivity contribution is 5.55. The lowest BCUT2D eigenvalue weighted by Crippen LogP contribution is -2.00. The van der Waals surface area contributed by atoms with E-state index in [1.807, 2.05) is 25.1 Å². The summed E-state index contributed by atoms with van der Waals surface area (Å²) in [6.07, 6.45) is 5.16. The molecule has 3 nitrogen and oxygen atoms in total. The molecule has 1 aromatic carbocycles. The molecule has 0 aliphatic heterocycles. The summed E-state index contributed by atoms with van der Waals surface area (Å²) in [5.74, 6) is 3.96. The number of rotatable bonds is 5. The van der Waals surface area contributed by atoms with Crippen molar-refractivity contribution in [3.05, 3.63) is 18.2 Å². The van der Waals surface area contributed by atoms with Crippen LogP contribution in [0.4, 0.5) is 5.69 Å². The summed E-state index contributed by atoms with van der Waals surface area (Å²) in [5.41, 5.74) is 0.928. The molecule has 0 aliphatic rings. The predicted octanol–water partition coefficient (Wildman–Crippen LogP) is 2.14. The zero-order valence-electron chi connectivity index (χ0n) is 9.04. The van der Waals surface area contributed by atoms with Gasteiger partial charge in [-0.3, -0.25) is 0 Å². The van der Waals surface area contributed by atoms with Crippen molar-refractivity contribution in [2.24, 2.45) is 0 Å². The van der Waals surface area contributed by atoms with Gasteiger partial charge in [0, 0.05) is 11.8 Å². The van der Waals surface area contributed by atoms with Gasteiger partial charge in [-0.05, 0) is 19.1 Å². The van der Waals surface area contributed by atoms with Gasteiger partial charge in [-0.25, -0.2) is 0 Å². The van der Waals surface area contributed by atoms with Crippen LogP contribution in [0.1, 0.15) is 6.92 Å². The van der Waals surface area contributed by atoms with E-state index in [1.54, 1.807) is 7.11 Å². The van der Waals surface area contributed by atoms with Gasteiger partial charge in [0.15, 0.2) is 11.5 Å². The fraction of sp³-hybridized carbons (Fsp3) is 0.333. The van der Waals surface area contributed by atoms with Gasteiger partial charge >= 0.3 is 0 Å². The summed E-state index contributed by atoms with van der Waals surface area (Å²) in [4.78, 5) is 0. The third kappa shape index (κ3) is 3.10. The van der Waals surface area contributed by atoms with E-state index >= 15 is 0 Å². The molecule has 0 aromatic heterocycles. The van der Waals surface area contributed by atoms with Crippen molar-refractivity contribution in [3.8, 4) is 23.8 Å². The maximum Gasteiger partial charge on any atom is 0.163 e. The Morgan fingerprint density at radius 2 is 2.20 bits per heavy atom. The second-order valence-corrected chi connectivity index (χ2v) is 2.86. The van der Waals surface area contributed by atoms with Crippen molar-refractivity contribution < 1.29 is 9.47 Å². The van der Waals surface area contributed by atoms with Crippen molar-refractivity contribution in [2.75, 3.05) is 25.6 Å². The highest BCUT2D eigenvalue weighted by Gasteiger charge is 2.04. The predicted molar refractivity (Wildman–Crippen MR) is 61.5 cm³/mol. The van der Waals surface area contributed by atoms with Crippen LogP contribution in [-0.2, 0) is 0 Å². The molecule has 1 N–H and O–H groups in total. The Morgan fingerprint density at radius 3 is 2.80 bits per heavy atom. The SMILES string of the molecule is C#CCNc1ccc(OC)c(OCC)c1. The van der Waals surface area contributed by atoms with Crippen LogP contribution in [-0.4, -0.2) is 20.3 Å². The van der Waals surface area contributed by atoms with Crippen molar-refractivity contribution in [1.82, 2.24) is 0 Å². The molecule has 0 heterocycles. The molecule has 0 saturated heterocycles. The van der Waals surface area contributed by atoms with E-state index < -0.39 is 0 Å². The van der Waals surface area contributed by atoms with Gasteiger partial charge in [0.1, 0.15) is 0 Å². The van der Waals surface area contributed by atoms with Gasteiger partial charge in [0.2, 0.25) is 0 Å². The standard InChI is InChI=1S/C12H15NO2/c1-4-8-13-10-6-7-11(14-3)12(9-10)15-5-2/h1,6-7,9,13H,5,8H2,2-3H3. The van der Waals surface area contributed by atoms with Crippen molar-refractivity contribution in [1.29, 1.82) is 0 Å². The lowest BCUT2D eigenvalue weighted by atomic mass is 10.2. The van der Waals surface area contributed by atoms with E-state index in [9.17, 15) is 0 Å². The largest absolute Gasteiger partial charge is 0.493 e. The maximum absolute atomic E-state index is 5.43. The summed E-state index contributed by atoms with van der Waals surface area (Å²) in [7, 11) is 1.62. The van der Waals surface area contributed by atoms with Crippen LogP contribution in [0.5, 0.6) is 11.5 Å². The quantitative estimate of drug-likeness (QED) is 0.747. The molecule has 3 heteroatoms. The molecule has 0 fully saturated rings. The van der Waals surface area contributed by atoms with E-state index in [0.29, 0.717) is 13.2 Å². The van der Waals surface area contributed by atoms with Crippen molar-refractivity contribution in [3.63, 3.8) is 0 Å². The Kier molecular flexibility index (Phi) is 4.36. The van der Waals surface area contributed by atoms with Crippen molar-refractivity contribution in [2.45, 2.75) is 6.92 Å². The van der Waals surface area contributed by atoms with Gasteiger partial charge < -0.3 is 14.8 Å². The second kappa shape index (κ2) is 5.82. The van der Waals surface area contributed by atoms with Crippen LogP contribution < -0.4 is 14.8 Å². The minimum absolute atomic E-state index is 0.498. The van der Waals surface area contributed by atoms with E-state index in [1.165, 1.54) is 0 Å². The average molecular weight is 205 g/mol. The number of benzene rings is 1. The molecule has 0 spiro atoms. The van der Waals surface area contributed by atoms with Gasteiger partial charge in [0.05, 0.1) is 20.3 Å². The highest BCUT2D eigenvalue weighted by atomic mass is 16.5. The average Bonchev–Trinajstić information content (AvgIpc) is 2.27. The third-order valence-corrected chi connectivity index (χ3v) is 1.86. The lowest BCUT2D eigenvalue weighted by Gasteiger charge is -2.11. The maximum atomic E-state index is 5.43. The van der Waals surface area contributed by atoms with Crippen LogP contribution in [0.25, 0.3) is 0 Å². The molecule has 0 aliphatic carbocycles. The number of hydrogen-bond acceptors (Lipinski definition) is 3. The van der Waals surface area contributed by atoms with Crippen molar-refractivity contribution >= 4 is 5.69 Å². The Bertz CT molecular complexity index is 355. The van der Waals surface area contributed by atoms with Crippen LogP contribution in [0.3, 0.4) is 0 Å². The van der Waals surface area contributed by atoms with Crippen LogP contribution in [0.2, 0.25) is 0 Å². The third-order valence-electron chi connectivity index (χ3n) is 1.86. The molecule has 0 unspecified atom stereocenters. The highest BCUT2D eigenvalue weighted by Crippen LogP contribution is 2.29. The molecule has 0 atom stereocenters. The number of terminal acetylenes is 1. The zero-order valence-corrected chi connectivity index (χ0v) is 9.04. The molecule has 0 bridgehead atoms. The molecule has 0 radical (unpaired) electrons. The molecular weight excluding hydrogens is 190 g/mol. The molecule has 0 saturated carbocycles. The Labute approximate surface area is 90.4 Å². The van der Waals surface area contributed by atoms with E-state index in [4.69, 9.17) is 15.9 Å². The fourth-order valence-corrected chi connectivity index (χ4v) is 1.21. The number of ether oxygens (including phenoxy) is 2. The number of nitrogens with one attached hydrogen (secondary N) is 1. The summed E-state index contributed by atoms with van der Waals surface area (Å²) >= 11 is 0. The van der Waals surface area contributed by atoms with Gasteiger partial charge in [-0.15, -0.1) is 6.42 Å². The minimum Gasteiger partial charge on any atom is -0.493 e. The summed E-state index contributed by atoms with van der Waals surface area (Å²) in [6.45, 7) is 3.04. The Balaban J connectivity index is 2.84. The zero-order chi connectivity index (χ0) is 11.1. The van der Waals surface area contributed by atoms with Gasteiger partial charge in [-0.2, -0.15) is 0 Å². The summed E-state index contributed by atoms with van der Waals surface area (Å²) < 4.78 is 10.6. The lowest BCUT2D eigenvalue weighted by molar-refractivity contribution is 0.311. The second-order valence-electron chi connectivity index (χ2n) is 2.86. The van der Waals surface area contributed by atoms with Crippen LogP contribution >= 0.6 is 0 Å².